The summed E-state index contributed by atoms with van der Waals surface area (Å²) in [6.45, 7) is 2.25. The highest BCUT2D eigenvalue weighted by atomic mass is 16.3. The molecule has 3 rings (SSSR count). The first kappa shape index (κ1) is 10.6. The summed E-state index contributed by atoms with van der Waals surface area (Å²) in [5, 5.41) is 17.1. The van der Waals surface area contributed by atoms with Crippen LogP contribution in [-0.4, -0.2) is 32.2 Å². The molecule has 0 saturated carbocycles. The largest absolute Gasteiger partial charge is 0.505 e. The molecule has 0 spiro atoms. The van der Waals surface area contributed by atoms with Crippen molar-refractivity contribution in [3.05, 3.63) is 24.4 Å². The van der Waals surface area contributed by atoms with E-state index in [0.29, 0.717) is 23.2 Å². The van der Waals surface area contributed by atoms with Gasteiger partial charge in [-0.3, -0.25) is 4.79 Å². The Balaban J connectivity index is 2.42. The quantitative estimate of drug-likeness (QED) is 0.701. The van der Waals surface area contributed by atoms with Crippen molar-refractivity contribution in [1.29, 1.82) is 0 Å². The zero-order valence-electron chi connectivity index (χ0n) is 9.54. The maximum atomic E-state index is 12.0. The molecule has 0 bridgehead atoms. The van der Waals surface area contributed by atoms with E-state index in [1.54, 1.807) is 13.0 Å². The van der Waals surface area contributed by atoms with Gasteiger partial charge in [-0.05, 0) is 13.0 Å². The summed E-state index contributed by atoms with van der Waals surface area (Å²) < 4.78 is 6.52. The molecule has 0 unspecified atom stereocenters. The van der Waals surface area contributed by atoms with Gasteiger partial charge in [0, 0.05) is 6.54 Å². The van der Waals surface area contributed by atoms with Crippen LogP contribution in [-0.2, 0) is 0 Å². The smallest absolute Gasteiger partial charge is 0.273 e. The Morgan fingerprint density at radius 1 is 1.61 bits per heavy atom. The van der Waals surface area contributed by atoms with Crippen LogP contribution in [0.3, 0.4) is 0 Å². The highest BCUT2D eigenvalue weighted by Gasteiger charge is 2.22. The first-order valence-corrected chi connectivity index (χ1v) is 5.44. The van der Waals surface area contributed by atoms with E-state index in [1.165, 1.54) is 17.1 Å². The number of hydrogen-bond acceptors (Lipinski definition) is 5. The summed E-state index contributed by atoms with van der Waals surface area (Å²) in [6.07, 6.45) is 2.74. The molecule has 7 heteroatoms. The van der Waals surface area contributed by atoms with Gasteiger partial charge >= 0.3 is 0 Å². The van der Waals surface area contributed by atoms with Crippen LogP contribution in [0.1, 0.15) is 17.4 Å². The van der Waals surface area contributed by atoms with Crippen molar-refractivity contribution in [2.75, 3.05) is 6.54 Å². The molecular formula is C11H10N4O3. The lowest BCUT2D eigenvalue weighted by molar-refractivity contribution is 0.0945. The molecule has 0 saturated heterocycles. The van der Waals surface area contributed by atoms with Crippen LogP contribution < -0.4 is 5.32 Å². The number of pyridine rings is 1. The van der Waals surface area contributed by atoms with Gasteiger partial charge in [-0.25, -0.2) is 9.50 Å². The van der Waals surface area contributed by atoms with Crippen molar-refractivity contribution in [1.82, 2.24) is 19.9 Å². The van der Waals surface area contributed by atoms with Gasteiger partial charge in [-0.1, -0.05) is 0 Å². The van der Waals surface area contributed by atoms with Crippen molar-refractivity contribution in [3.8, 4) is 5.75 Å². The Morgan fingerprint density at radius 2 is 2.44 bits per heavy atom. The van der Waals surface area contributed by atoms with Crippen LogP contribution in [0, 0.1) is 0 Å². The third-order valence-corrected chi connectivity index (χ3v) is 2.66. The predicted molar refractivity (Wildman–Crippen MR) is 62.4 cm³/mol. The Hall–Kier alpha value is -2.57. The Bertz CT molecular complexity index is 743. The van der Waals surface area contributed by atoms with Gasteiger partial charge in [0.1, 0.15) is 6.33 Å². The van der Waals surface area contributed by atoms with Crippen molar-refractivity contribution in [2.24, 2.45) is 0 Å². The normalized spacial score (nSPS) is 11.2. The van der Waals surface area contributed by atoms with Crippen LogP contribution in [0.15, 0.2) is 23.1 Å². The number of amides is 1. The summed E-state index contributed by atoms with van der Waals surface area (Å²) in [5.74, 6) is -0.573. The lowest BCUT2D eigenvalue weighted by Crippen LogP contribution is -2.25. The van der Waals surface area contributed by atoms with E-state index in [0.717, 1.165) is 0 Å². The third-order valence-electron chi connectivity index (χ3n) is 2.66. The highest BCUT2D eigenvalue weighted by molar-refractivity contribution is 6.04. The first-order chi connectivity index (χ1) is 8.74. The number of carbonyl (C=O) groups excluding carboxylic acids is 1. The highest BCUT2D eigenvalue weighted by Crippen LogP contribution is 2.31. The fraction of sp³-hybridized carbons (Fsp3) is 0.182. The molecule has 1 amide bonds. The molecule has 0 aromatic carbocycles. The molecule has 3 heterocycles. The molecule has 0 radical (unpaired) electrons. The second kappa shape index (κ2) is 3.73. The van der Waals surface area contributed by atoms with Gasteiger partial charge in [-0.2, -0.15) is 5.10 Å². The summed E-state index contributed by atoms with van der Waals surface area (Å²) >= 11 is 0. The molecule has 7 nitrogen and oxygen atoms in total. The van der Waals surface area contributed by atoms with Crippen molar-refractivity contribution >= 4 is 22.5 Å². The summed E-state index contributed by atoms with van der Waals surface area (Å²) in [6, 6.07) is 1.59. The molecule has 3 aromatic rings. The van der Waals surface area contributed by atoms with E-state index in [2.05, 4.69) is 15.4 Å². The number of aromatic nitrogens is 3. The minimum atomic E-state index is -0.409. The third kappa shape index (κ3) is 1.27. The number of rotatable bonds is 2. The second-order valence-electron chi connectivity index (χ2n) is 3.72. The monoisotopic (exact) mass is 246 g/mol. The second-order valence-corrected chi connectivity index (χ2v) is 3.72. The van der Waals surface area contributed by atoms with Gasteiger partial charge in [0.25, 0.3) is 5.91 Å². The summed E-state index contributed by atoms with van der Waals surface area (Å²) in [5.41, 5.74) is 0.852. The Morgan fingerprint density at radius 3 is 3.22 bits per heavy atom. The molecule has 18 heavy (non-hydrogen) atoms. The number of fused-ring (bicyclic) bond motifs is 3. The van der Waals surface area contributed by atoms with Crippen molar-refractivity contribution < 1.29 is 14.3 Å². The lowest BCUT2D eigenvalue weighted by atomic mass is 10.2. The average molecular weight is 246 g/mol. The predicted octanol–water partition coefficient (Wildman–Crippen LogP) is 0.931. The van der Waals surface area contributed by atoms with Crippen LogP contribution in [0.2, 0.25) is 0 Å². The van der Waals surface area contributed by atoms with Gasteiger partial charge in [0.2, 0.25) is 0 Å². The number of furan rings is 1. The number of carbonyl (C=O) groups is 1. The van der Waals surface area contributed by atoms with Crippen LogP contribution in [0.4, 0.5) is 0 Å². The van der Waals surface area contributed by atoms with Crippen molar-refractivity contribution in [2.45, 2.75) is 6.92 Å². The average Bonchev–Trinajstić information content (AvgIpc) is 2.96. The molecule has 0 aliphatic rings. The van der Waals surface area contributed by atoms with Crippen LogP contribution >= 0.6 is 0 Å². The summed E-state index contributed by atoms with van der Waals surface area (Å²) in [4.78, 5) is 16.0. The number of nitrogens with zero attached hydrogens (tertiary/aromatic N) is 3. The standard InChI is InChI=1S/C11H10N4O3/c1-2-12-11(17)7-8(16)6-3-4-18-9(6)10-13-5-14-15(7)10/h3-5,16H,2H2,1H3,(H,12,17). The molecule has 2 N–H and O–H groups in total. The maximum Gasteiger partial charge on any atom is 0.273 e. The van der Waals surface area contributed by atoms with E-state index >= 15 is 0 Å². The minimum absolute atomic E-state index is 0.0539. The van der Waals surface area contributed by atoms with Crippen LogP contribution in [0.25, 0.3) is 16.6 Å². The Labute approximate surface area is 101 Å². The summed E-state index contributed by atoms with van der Waals surface area (Å²) in [7, 11) is 0. The fourth-order valence-corrected chi connectivity index (χ4v) is 1.90. The van der Waals surface area contributed by atoms with E-state index in [4.69, 9.17) is 4.42 Å². The number of hydrogen-bond donors (Lipinski definition) is 2. The number of nitrogens with one attached hydrogen (secondary N) is 1. The van der Waals surface area contributed by atoms with Crippen molar-refractivity contribution in [3.63, 3.8) is 0 Å². The molecule has 0 atom stereocenters. The number of aromatic hydroxyl groups is 1. The molecule has 3 aromatic heterocycles. The minimum Gasteiger partial charge on any atom is -0.505 e. The van der Waals surface area contributed by atoms with Gasteiger partial charge < -0.3 is 14.8 Å². The Kier molecular flexibility index (Phi) is 2.19. The van der Waals surface area contributed by atoms with E-state index in [9.17, 15) is 9.90 Å². The van der Waals surface area contributed by atoms with Gasteiger partial charge in [0.15, 0.2) is 22.7 Å². The van der Waals surface area contributed by atoms with Crippen LogP contribution in [0.5, 0.6) is 5.75 Å². The van der Waals surface area contributed by atoms with Gasteiger partial charge in [-0.15, -0.1) is 0 Å². The maximum absolute atomic E-state index is 12.0. The molecule has 0 fully saturated rings. The van der Waals surface area contributed by atoms with Gasteiger partial charge in [0.05, 0.1) is 11.6 Å². The zero-order chi connectivity index (χ0) is 12.7. The molecular weight excluding hydrogens is 236 g/mol. The first-order valence-electron chi connectivity index (χ1n) is 5.44. The fourth-order valence-electron chi connectivity index (χ4n) is 1.90. The SMILES string of the molecule is CCNC(=O)c1c(O)c2ccoc2c2ncnn12. The molecule has 0 aliphatic carbocycles. The molecule has 0 aliphatic heterocycles. The lowest BCUT2D eigenvalue weighted by Gasteiger charge is -2.07. The topological polar surface area (TPSA) is 92.7 Å². The molecule has 92 valence electrons. The van der Waals surface area contributed by atoms with E-state index in [1.807, 2.05) is 0 Å². The zero-order valence-corrected chi connectivity index (χ0v) is 9.54. The van der Waals surface area contributed by atoms with E-state index < -0.39 is 5.91 Å². The van der Waals surface area contributed by atoms with E-state index in [-0.39, 0.29) is 11.4 Å².